The molecule has 0 atom stereocenters. The number of thiazole rings is 1. The normalized spacial score (nSPS) is 10.7. The summed E-state index contributed by atoms with van der Waals surface area (Å²) in [5, 5.41) is 9.81. The lowest BCUT2D eigenvalue weighted by atomic mass is 10.1. The Morgan fingerprint density at radius 1 is 1.35 bits per heavy atom. The van der Waals surface area contributed by atoms with Crippen LogP contribution in [0.3, 0.4) is 0 Å². The number of aromatic nitrogens is 1. The smallest absolute Gasteiger partial charge is 0.347 e. The van der Waals surface area contributed by atoms with Crippen LogP contribution in [-0.4, -0.2) is 18.1 Å². The fourth-order valence-electron chi connectivity index (χ4n) is 2.03. The lowest BCUT2D eigenvalue weighted by Crippen LogP contribution is -2.28. The number of hydrogen-bond acceptors (Lipinski definition) is 4. The number of nitrogens with one attached hydrogen (secondary N) is 1. The summed E-state index contributed by atoms with van der Waals surface area (Å²) in [6, 6.07) is 5.87. The number of carbonyl (C=O) groups is 1. The van der Waals surface area contributed by atoms with Crippen LogP contribution in [0.1, 0.15) is 23.7 Å². The van der Waals surface area contributed by atoms with Gasteiger partial charge in [-0.05, 0) is 31.0 Å². The van der Waals surface area contributed by atoms with Gasteiger partial charge in [-0.15, -0.1) is 5.10 Å². The van der Waals surface area contributed by atoms with E-state index in [1.165, 1.54) is 24.5 Å². The van der Waals surface area contributed by atoms with E-state index in [1.54, 1.807) is 4.90 Å². The Hall–Kier alpha value is -2.74. The van der Waals surface area contributed by atoms with Crippen LogP contribution in [0.25, 0.3) is 0 Å². The van der Waals surface area contributed by atoms with Gasteiger partial charge in [0.2, 0.25) is 5.96 Å². The number of rotatable bonds is 4. The highest BCUT2D eigenvalue weighted by Crippen LogP contribution is 2.30. The van der Waals surface area contributed by atoms with Crippen LogP contribution >= 0.6 is 11.3 Å². The first-order chi connectivity index (χ1) is 10.9. The zero-order valence-electron chi connectivity index (χ0n) is 13.2. The molecule has 2 aromatic rings. The fourth-order valence-corrected chi connectivity index (χ4v) is 2.90. The third-order valence-corrected chi connectivity index (χ3v) is 4.13. The molecule has 5 N–H and O–H groups in total. The minimum Gasteiger partial charge on any atom is -0.369 e. The van der Waals surface area contributed by atoms with Gasteiger partial charge in [0.15, 0.2) is 5.69 Å². The summed E-state index contributed by atoms with van der Waals surface area (Å²) in [5.41, 5.74) is 14.2. The van der Waals surface area contributed by atoms with Crippen molar-refractivity contribution >= 4 is 40.2 Å². The van der Waals surface area contributed by atoms with Crippen molar-refractivity contribution in [3.05, 3.63) is 40.4 Å². The topological polar surface area (TPSA) is 111 Å². The molecule has 7 nitrogen and oxygen atoms in total. The van der Waals surface area contributed by atoms with Gasteiger partial charge in [0.25, 0.3) is 0 Å². The van der Waals surface area contributed by atoms with Crippen molar-refractivity contribution in [1.82, 2.24) is 0 Å². The van der Waals surface area contributed by atoms with Crippen molar-refractivity contribution in [2.45, 2.75) is 20.8 Å². The van der Waals surface area contributed by atoms with E-state index in [-0.39, 0.29) is 11.9 Å². The molecule has 0 saturated carbocycles. The van der Waals surface area contributed by atoms with Crippen LogP contribution in [0.15, 0.2) is 33.8 Å². The summed E-state index contributed by atoms with van der Waals surface area (Å²) in [6.07, 6.45) is 1.49. The quantitative estimate of drug-likeness (QED) is 0.502. The number of guanidine groups is 1. The largest absolute Gasteiger partial charge is 0.369 e. The highest BCUT2D eigenvalue weighted by molar-refractivity contribution is 7.13. The molecule has 23 heavy (non-hydrogen) atoms. The maximum atomic E-state index is 12.1. The van der Waals surface area contributed by atoms with Gasteiger partial charge in [-0.3, -0.25) is 0 Å². The number of benzene rings is 1. The molecule has 0 unspecified atom stereocenters. The molecule has 0 aliphatic rings. The van der Waals surface area contributed by atoms with E-state index >= 15 is 0 Å². The first kappa shape index (κ1) is 16.6. The Labute approximate surface area is 138 Å². The standard InChI is InChI=1S/C15H18N6OS/c1-9-5-4-6-13(10(9)2)21(11(3)22)15-19-12(8-23-15)7-18-20-14(16)17/h4-8H,1-3H3,(H4,16,17,20)/p+1/b18-7-. The SMILES string of the molecule is CC(=O)N(c1[nH+]c(/C=N\N=C(N)N)cs1)c1cccc(C)c1C. The molecule has 8 heteroatoms. The third kappa shape index (κ3) is 3.92. The summed E-state index contributed by atoms with van der Waals surface area (Å²) in [7, 11) is 0. The molecule has 2 rings (SSSR count). The Morgan fingerprint density at radius 2 is 2.09 bits per heavy atom. The van der Waals surface area contributed by atoms with Crippen LogP contribution in [0.2, 0.25) is 0 Å². The van der Waals surface area contributed by atoms with Crippen molar-refractivity contribution in [2.24, 2.45) is 21.7 Å². The molecule has 1 aromatic carbocycles. The van der Waals surface area contributed by atoms with Crippen molar-refractivity contribution in [2.75, 3.05) is 4.90 Å². The van der Waals surface area contributed by atoms with Gasteiger partial charge in [0.05, 0.1) is 6.21 Å². The van der Waals surface area contributed by atoms with Gasteiger partial charge < -0.3 is 11.5 Å². The molecule has 0 aliphatic heterocycles. The molecule has 1 aromatic heterocycles. The highest BCUT2D eigenvalue weighted by atomic mass is 32.1. The van der Waals surface area contributed by atoms with Crippen molar-refractivity contribution in [1.29, 1.82) is 0 Å². The average molecular weight is 331 g/mol. The second kappa shape index (κ2) is 7.01. The molecule has 1 heterocycles. The predicted octanol–water partition coefficient (Wildman–Crippen LogP) is 1.47. The minimum atomic E-state index is -0.113. The number of aryl methyl sites for hydroxylation is 1. The van der Waals surface area contributed by atoms with E-state index in [9.17, 15) is 4.79 Å². The van der Waals surface area contributed by atoms with Crippen molar-refractivity contribution < 1.29 is 9.78 Å². The van der Waals surface area contributed by atoms with E-state index < -0.39 is 0 Å². The zero-order valence-corrected chi connectivity index (χ0v) is 14.0. The molecule has 0 fully saturated rings. The summed E-state index contributed by atoms with van der Waals surface area (Å²) >= 11 is 1.40. The molecule has 1 amide bonds. The van der Waals surface area contributed by atoms with Gasteiger partial charge >= 0.3 is 11.0 Å². The number of anilines is 2. The summed E-state index contributed by atoms with van der Waals surface area (Å²) < 4.78 is 0. The van der Waals surface area contributed by atoms with Crippen LogP contribution < -0.4 is 21.4 Å². The maximum absolute atomic E-state index is 12.1. The van der Waals surface area contributed by atoms with Crippen molar-refractivity contribution in [3.63, 3.8) is 0 Å². The molecule has 120 valence electrons. The molecular weight excluding hydrogens is 312 g/mol. The highest BCUT2D eigenvalue weighted by Gasteiger charge is 2.27. The first-order valence-electron chi connectivity index (χ1n) is 6.90. The Bertz CT molecular complexity index is 776. The van der Waals surface area contributed by atoms with E-state index in [1.807, 2.05) is 37.4 Å². The van der Waals surface area contributed by atoms with E-state index in [0.717, 1.165) is 16.8 Å². The number of amides is 1. The summed E-state index contributed by atoms with van der Waals surface area (Å²) in [5.74, 6) is -0.193. The van der Waals surface area contributed by atoms with E-state index in [2.05, 4.69) is 15.2 Å². The van der Waals surface area contributed by atoms with E-state index in [4.69, 9.17) is 11.5 Å². The molecular formula is C15H19N6OS+. The maximum Gasteiger partial charge on any atom is 0.347 e. The minimum absolute atomic E-state index is 0.0792. The van der Waals surface area contributed by atoms with Gasteiger partial charge in [0, 0.05) is 12.3 Å². The van der Waals surface area contributed by atoms with Crippen LogP contribution in [0, 0.1) is 13.8 Å². The van der Waals surface area contributed by atoms with Crippen LogP contribution in [0.4, 0.5) is 10.8 Å². The number of hydrogen-bond donors (Lipinski definition) is 2. The summed E-state index contributed by atoms with van der Waals surface area (Å²) in [6.45, 7) is 5.54. The van der Waals surface area contributed by atoms with Gasteiger partial charge in [-0.1, -0.05) is 23.5 Å². The zero-order chi connectivity index (χ0) is 17.0. The Kier molecular flexibility index (Phi) is 5.07. The van der Waals surface area contributed by atoms with Gasteiger partial charge in [-0.25, -0.2) is 9.78 Å². The second-order valence-corrected chi connectivity index (χ2v) is 5.82. The number of nitrogens with zero attached hydrogens (tertiary/aromatic N) is 3. The Morgan fingerprint density at radius 3 is 2.74 bits per heavy atom. The number of aromatic amines is 1. The Balaban J connectivity index is 2.38. The average Bonchev–Trinajstić information content (AvgIpc) is 2.91. The summed E-state index contributed by atoms with van der Waals surface area (Å²) in [4.78, 5) is 16.9. The first-order valence-corrected chi connectivity index (χ1v) is 7.77. The van der Waals surface area contributed by atoms with Gasteiger partial charge in [-0.2, -0.15) is 10.0 Å². The molecule has 0 bridgehead atoms. The predicted molar refractivity (Wildman–Crippen MR) is 93.0 cm³/mol. The fraction of sp³-hybridized carbons (Fsp3) is 0.200. The molecule has 0 radical (unpaired) electrons. The van der Waals surface area contributed by atoms with Gasteiger partial charge in [0.1, 0.15) is 5.69 Å². The lowest BCUT2D eigenvalue weighted by Gasteiger charge is -2.13. The molecule has 0 saturated heterocycles. The second-order valence-electron chi connectivity index (χ2n) is 4.96. The third-order valence-electron chi connectivity index (χ3n) is 3.25. The number of carbonyl (C=O) groups excluding carboxylic acids is 1. The lowest BCUT2D eigenvalue weighted by molar-refractivity contribution is -0.357. The van der Waals surface area contributed by atoms with Crippen LogP contribution in [-0.2, 0) is 4.79 Å². The van der Waals surface area contributed by atoms with Crippen LogP contribution in [0.5, 0.6) is 0 Å². The monoisotopic (exact) mass is 331 g/mol. The molecule has 0 spiro atoms. The van der Waals surface area contributed by atoms with Crippen molar-refractivity contribution in [3.8, 4) is 0 Å². The number of nitrogens with two attached hydrogens (primary N) is 2. The number of H-pyrrole nitrogens is 1. The van der Waals surface area contributed by atoms with E-state index in [0.29, 0.717) is 10.8 Å². The molecule has 0 aliphatic carbocycles.